The molecular weight excluding hydrogens is 266 g/mol. The minimum Gasteiger partial charge on any atom is -0.309 e. The Labute approximate surface area is 107 Å². The largest absolute Gasteiger partial charge is 0.309 e. The minimum atomic E-state index is 0.523. The summed E-state index contributed by atoms with van der Waals surface area (Å²) in [6, 6.07) is 2.70. The summed E-state index contributed by atoms with van der Waals surface area (Å²) in [5.74, 6) is 0. The van der Waals surface area contributed by atoms with Crippen LogP contribution in [0.1, 0.15) is 38.6 Å². The number of nitrogens with one attached hydrogen (secondary N) is 1. The molecule has 1 aromatic rings. The number of hydrogen-bond acceptors (Lipinski definition) is 2. The van der Waals surface area contributed by atoms with E-state index in [9.17, 15) is 0 Å². The molecule has 3 nitrogen and oxygen atoms in total. The summed E-state index contributed by atoms with van der Waals surface area (Å²) in [7, 11) is 2.01. The summed E-state index contributed by atoms with van der Waals surface area (Å²) in [5, 5.41) is 7.95. The zero-order chi connectivity index (χ0) is 12.1. The lowest BCUT2D eigenvalue weighted by Gasteiger charge is -2.14. The SMILES string of the molecule is CCc1cc(CNC(C)CC(C)Br)n(C)n1. The summed E-state index contributed by atoms with van der Waals surface area (Å²) in [6.45, 7) is 7.42. The Hall–Kier alpha value is -0.350. The normalized spacial score (nSPS) is 15.1. The Bertz CT molecular complexity index is 320. The second kappa shape index (κ2) is 6.40. The lowest BCUT2D eigenvalue weighted by atomic mass is 10.2. The van der Waals surface area contributed by atoms with E-state index in [1.54, 1.807) is 0 Å². The van der Waals surface area contributed by atoms with Crippen molar-refractivity contribution in [3.05, 3.63) is 17.5 Å². The zero-order valence-corrected chi connectivity index (χ0v) is 12.2. The highest BCUT2D eigenvalue weighted by Gasteiger charge is 2.08. The third-order valence-electron chi connectivity index (χ3n) is 2.70. The number of nitrogens with zero attached hydrogens (tertiary/aromatic N) is 2. The van der Waals surface area contributed by atoms with Crippen LogP contribution in [0.15, 0.2) is 6.07 Å². The van der Waals surface area contributed by atoms with Crippen molar-refractivity contribution in [1.29, 1.82) is 0 Å². The minimum absolute atomic E-state index is 0.523. The van der Waals surface area contributed by atoms with Gasteiger partial charge in [-0.2, -0.15) is 5.10 Å². The number of aryl methyl sites for hydroxylation is 2. The van der Waals surface area contributed by atoms with Crippen LogP contribution < -0.4 is 5.32 Å². The van der Waals surface area contributed by atoms with Crippen LogP contribution in [0.4, 0.5) is 0 Å². The Balaban J connectivity index is 2.44. The number of aromatic nitrogens is 2. The molecule has 1 heterocycles. The fourth-order valence-corrected chi connectivity index (χ4v) is 2.32. The molecule has 0 bridgehead atoms. The van der Waals surface area contributed by atoms with Gasteiger partial charge >= 0.3 is 0 Å². The fourth-order valence-electron chi connectivity index (χ4n) is 1.76. The van der Waals surface area contributed by atoms with E-state index in [4.69, 9.17) is 0 Å². The summed E-state index contributed by atoms with van der Waals surface area (Å²) in [4.78, 5) is 0.563. The highest BCUT2D eigenvalue weighted by atomic mass is 79.9. The first-order valence-electron chi connectivity index (χ1n) is 5.92. The fraction of sp³-hybridized carbons (Fsp3) is 0.750. The van der Waals surface area contributed by atoms with Crippen molar-refractivity contribution in [2.75, 3.05) is 0 Å². The quantitative estimate of drug-likeness (QED) is 0.816. The van der Waals surface area contributed by atoms with Crippen LogP contribution in [0.3, 0.4) is 0 Å². The number of halogens is 1. The van der Waals surface area contributed by atoms with Crippen LogP contribution in [0.5, 0.6) is 0 Å². The van der Waals surface area contributed by atoms with Crippen LogP contribution in [0.25, 0.3) is 0 Å². The first-order chi connectivity index (χ1) is 7.52. The first kappa shape index (κ1) is 13.7. The molecule has 0 aliphatic heterocycles. The Morgan fingerprint density at radius 1 is 1.50 bits per heavy atom. The molecule has 0 aliphatic carbocycles. The summed E-state index contributed by atoms with van der Waals surface area (Å²) < 4.78 is 1.97. The molecule has 2 unspecified atom stereocenters. The van der Waals surface area contributed by atoms with Gasteiger partial charge in [0.25, 0.3) is 0 Å². The lowest BCUT2D eigenvalue weighted by Crippen LogP contribution is -2.28. The highest BCUT2D eigenvalue weighted by Crippen LogP contribution is 2.08. The van der Waals surface area contributed by atoms with E-state index < -0.39 is 0 Å². The maximum Gasteiger partial charge on any atom is 0.0625 e. The standard InChI is InChI=1S/C12H22BrN3/c1-5-11-7-12(16(4)15-11)8-14-10(3)6-9(2)13/h7,9-10,14H,5-6,8H2,1-4H3. The monoisotopic (exact) mass is 287 g/mol. The van der Waals surface area contributed by atoms with Gasteiger partial charge in [0.15, 0.2) is 0 Å². The summed E-state index contributed by atoms with van der Waals surface area (Å²) in [6.07, 6.45) is 2.14. The predicted octanol–water partition coefficient (Wildman–Crippen LogP) is 2.63. The van der Waals surface area contributed by atoms with E-state index in [1.165, 1.54) is 11.4 Å². The Kier molecular flexibility index (Phi) is 5.49. The van der Waals surface area contributed by atoms with Gasteiger partial charge < -0.3 is 5.32 Å². The van der Waals surface area contributed by atoms with Crippen molar-refractivity contribution in [3.63, 3.8) is 0 Å². The van der Waals surface area contributed by atoms with Gasteiger partial charge in [-0.15, -0.1) is 0 Å². The van der Waals surface area contributed by atoms with E-state index in [2.05, 4.69) is 53.2 Å². The smallest absolute Gasteiger partial charge is 0.0625 e. The van der Waals surface area contributed by atoms with E-state index in [1.807, 2.05) is 11.7 Å². The predicted molar refractivity (Wildman–Crippen MR) is 71.9 cm³/mol. The molecule has 4 heteroatoms. The van der Waals surface area contributed by atoms with E-state index in [0.29, 0.717) is 10.9 Å². The van der Waals surface area contributed by atoms with Gasteiger partial charge in [0, 0.05) is 24.5 Å². The van der Waals surface area contributed by atoms with Crippen LogP contribution in [-0.2, 0) is 20.0 Å². The molecule has 0 amide bonds. The molecule has 0 aromatic carbocycles. The Morgan fingerprint density at radius 2 is 2.19 bits per heavy atom. The maximum atomic E-state index is 4.44. The second-order valence-electron chi connectivity index (χ2n) is 4.40. The third kappa shape index (κ3) is 4.26. The lowest BCUT2D eigenvalue weighted by molar-refractivity contribution is 0.501. The van der Waals surface area contributed by atoms with Gasteiger partial charge in [-0.1, -0.05) is 29.8 Å². The average molecular weight is 288 g/mol. The van der Waals surface area contributed by atoms with Gasteiger partial charge in [-0.25, -0.2) is 0 Å². The van der Waals surface area contributed by atoms with Crippen molar-refractivity contribution >= 4 is 15.9 Å². The first-order valence-corrected chi connectivity index (χ1v) is 6.83. The van der Waals surface area contributed by atoms with Crippen LogP contribution >= 0.6 is 15.9 Å². The Morgan fingerprint density at radius 3 is 2.69 bits per heavy atom. The molecule has 0 spiro atoms. The second-order valence-corrected chi connectivity index (χ2v) is 5.97. The van der Waals surface area contributed by atoms with Crippen LogP contribution in [0.2, 0.25) is 0 Å². The van der Waals surface area contributed by atoms with Gasteiger partial charge in [-0.3, -0.25) is 4.68 Å². The van der Waals surface area contributed by atoms with Gasteiger partial charge in [0.2, 0.25) is 0 Å². The molecule has 1 N–H and O–H groups in total. The highest BCUT2D eigenvalue weighted by molar-refractivity contribution is 9.09. The van der Waals surface area contributed by atoms with Gasteiger partial charge in [0.05, 0.1) is 11.4 Å². The molecule has 2 atom stereocenters. The number of rotatable bonds is 6. The topological polar surface area (TPSA) is 29.9 Å². The van der Waals surface area contributed by atoms with Crippen molar-refractivity contribution in [3.8, 4) is 0 Å². The maximum absolute atomic E-state index is 4.44. The molecule has 0 fully saturated rings. The average Bonchev–Trinajstić information content (AvgIpc) is 2.55. The molecular formula is C12H22BrN3. The van der Waals surface area contributed by atoms with Crippen molar-refractivity contribution in [2.24, 2.45) is 7.05 Å². The van der Waals surface area contributed by atoms with Crippen molar-refractivity contribution in [2.45, 2.75) is 51.0 Å². The van der Waals surface area contributed by atoms with Crippen molar-refractivity contribution < 1.29 is 0 Å². The van der Waals surface area contributed by atoms with Gasteiger partial charge in [0.1, 0.15) is 0 Å². The molecule has 0 saturated heterocycles. The molecule has 0 saturated carbocycles. The summed E-state index contributed by atoms with van der Waals surface area (Å²) in [5.41, 5.74) is 2.42. The third-order valence-corrected chi connectivity index (χ3v) is 3.07. The number of alkyl halides is 1. The molecule has 1 rings (SSSR count). The van der Waals surface area contributed by atoms with E-state index in [0.717, 1.165) is 19.4 Å². The zero-order valence-electron chi connectivity index (χ0n) is 10.6. The molecule has 0 aliphatic rings. The molecule has 1 aromatic heterocycles. The van der Waals surface area contributed by atoms with E-state index >= 15 is 0 Å². The molecule has 16 heavy (non-hydrogen) atoms. The summed E-state index contributed by atoms with van der Waals surface area (Å²) >= 11 is 3.57. The number of hydrogen-bond donors (Lipinski definition) is 1. The van der Waals surface area contributed by atoms with Crippen LogP contribution in [-0.4, -0.2) is 20.6 Å². The van der Waals surface area contributed by atoms with Crippen LogP contribution in [0, 0.1) is 0 Å². The van der Waals surface area contributed by atoms with Gasteiger partial charge in [-0.05, 0) is 25.8 Å². The van der Waals surface area contributed by atoms with E-state index in [-0.39, 0.29) is 0 Å². The van der Waals surface area contributed by atoms with Crippen molar-refractivity contribution in [1.82, 2.24) is 15.1 Å². The molecule has 92 valence electrons. The molecule has 0 radical (unpaired) electrons.